The number of nitrogens with zero attached hydrogens (tertiary/aromatic N) is 1. The van der Waals surface area contributed by atoms with Crippen molar-refractivity contribution >= 4 is 18.0 Å². The predicted molar refractivity (Wildman–Crippen MR) is 64.9 cm³/mol. The molecule has 0 unspecified atom stereocenters. The molecule has 0 saturated carbocycles. The van der Waals surface area contributed by atoms with Crippen molar-refractivity contribution < 1.29 is 9.59 Å². The molecule has 0 spiro atoms. The third-order valence-electron chi connectivity index (χ3n) is 2.78. The third kappa shape index (κ3) is 2.62. The van der Waals surface area contributed by atoms with E-state index < -0.39 is 0 Å². The number of amides is 2. The molecule has 1 aliphatic rings. The number of rotatable bonds is 3. The Hall–Kier alpha value is -1.88. The summed E-state index contributed by atoms with van der Waals surface area (Å²) in [6, 6.07) is 7.05. The summed E-state index contributed by atoms with van der Waals surface area (Å²) in [5.74, 6) is -0.0311. The van der Waals surface area contributed by atoms with Crippen LogP contribution in [0.25, 0.3) is 0 Å². The summed E-state index contributed by atoms with van der Waals surface area (Å²) in [5, 5.41) is 5.75. The maximum absolute atomic E-state index is 12.2. The summed E-state index contributed by atoms with van der Waals surface area (Å²) in [6.45, 7) is 3.03. The number of hydrogen-bond acceptors (Lipinski definition) is 3. The van der Waals surface area contributed by atoms with Gasteiger partial charge < -0.3 is 15.5 Å². The van der Waals surface area contributed by atoms with Crippen LogP contribution in [0.2, 0.25) is 0 Å². The highest BCUT2D eigenvalue weighted by Gasteiger charge is 2.19. The van der Waals surface area contributed by atoms with E-state index in [1.54, 1.807) is 29.2 Å². The molecule has 5 nitrogen and oxygen atoms in total. The number of carbonyl (C=O) groups is 2. The largest absolute Gasteiger partial charge is 0.336 e. The lowest BCUT2D eigenvalue weighted by molar-refractivity contribution is -0.105. The fourth-order valence-corrected chi connectivity index (χ4v) is 1.90. The molecule has 0 radical (unpaired) electrons. The van der Waals surface area contributed by atoms with Gasteiger partial charge in [-0.15, -0.1) is 0 Å². The van der Waals surface area contributed by atoms with Crippen molar-refractivity contribution in [2.45, 2.75) is 0 Å². The average molecular weight is 233 g/mol. The highest BCUT2D eigenvalue weighted by Crippen LogP contribution is 2.16. The molecule has 90 valence electrons. The van der Waals surface area contributed by atoms with Crippen LogP contribution in [0.5, 0.6) is 0 Å². The van der Waals surface area contributed by atoms with Crippen molar-refractivity contribution in [3.63, 3.8) is 0 Å². The Morgan fingerprint density at radius 3 is 2.71 bits per heavy atom. The SMILES string of the molecule is O=CNc1ccccc1C(=O)N1CCNCC1. The van der Waals surface area contributed by atoms with E-state index in [0.717, 1.165) is 13.1 Å². The topological polar surface area (TPSA) is 61.4 Å². The minimum atomic E-state index is -0.0311. The molecule has 2 rings (SSSR count). The molecule has 1 aromatic carbocycles. The van der Waals surface area contributed by atoms with Crippen molar-refractivity contribution in [3.05, 3.63) is 29.8 Å². The first-order chi connectivity index (χ1) is 8.33. The molecule has 2 amide bonds. The zero-order valence-corrected chi connectivity index (χ0v) is 9.48. The van der Waals surface area contributed by atoms with Crippen LogP contribution in [0, 0.1) is 0 Å². The third-order valence-corrected chi connectivity index (χ3v) is 2.78. The van der Waals surface area contributed by atoms with Crippen LogP contribution >= 0.6 is 0 Å². The average Bonchev–Trinajstić information content (AvgIpc) is 2.40. The van der Waals surface area contributed by atoms with Crippen LogP contribution in [-0.2, 0) is 4.79 Å². The van der Waals surface area contributed by atoms with E-state index >= 15 is 0 Å². The van der Waals surface area contributed by atoms with Crippen LogP contribution < -0.4 is 10.6 Å². The number of hydrogen-bond donors (Lipinski definition) is 2. The Morgan fingerprint density at radius 2 is 2.00 bits per heavy atom. The van der Waals surface area contributed by atoms with E-state index in [4.69, 9.17) is 0 Å². The molecular formula is C12H15N3O2. The van der Waals surface area contributed by atoms with Gasteiger partial charge in [-0.25, -0.2) is 0 Å². The van der Waals surface area contributed by atoms with Crippen molar-refractivity contribution in [1.29, 1.82) is 0 Å². The van der Waals surface area contributed by atoms with Gasteiger partial charge in [0.1, 0.15) is 0 Å². The number of para-hydroxylation sites is 1. The Morgan fingerprint density at radius 1 is 1.29 bits per heavy atom. The lowest BCUT2D eigenvalue weighted by Gasteiger charge is -2.28. The number of anilines is 1. The quantitative estimate of drug-likeness (QED) is 0.738. The summed E-state index contributed by atoms with van der Waals surface area (Å²) >= 11 is 0. The summed E-state index contributed by atoms with van der Waals surface area (Å²) in [7, 11) is 0. The summed E-state index contributed by atoms with van der Waals surface area (Å²) in [6.07, 6.45) is 0.587. The molecule has 5 heteroatoms. The van der Waals surface area contributed by atoms with Gasteiger partial charge in [0.2, 0.25) is 6.41 Å². The van der Waals surface area contributed by atoms with Gasteiger partial charge in [-0.3, -0.25) is 9.59 Å². The molecular weight excluding hydrogens is 218 g/mol. The maximum Gasteiger partial charge on any atom is 0.256 e. The molecule has 1 fully saturated rings. The minimum absolute atomic E-state index is 0.0311. The lowest BCUT2D eigenvalue weighted by Crippen LogP contribution is -2.46. The molecule has 1 saturated heterocycles. The summed E-state index contributed by atoms with van der Waals surface area (Å²) < 4.78 is 0. The van der Waals surface area contributed by atoms with Gasteiger partial charge in [0.15, 0.2) is 0 Å². The predicted octanol–water partition coefficient (Wildman–Crippen LogP) is 0.300. The molecule has 0 aromatic heterocycles. The van der Waals surface area contributed by atoms with Crippen molar-refractivity contribution in [2.24, 2.45) is 0 Å². The molecule has 0 bridgehead atoms. The monoisotopic (exact) mass is 233 g/mol. The highest BCUT2D eigenvalue weighted by molar-refractivity contribution is 6.01. The Kier molecular flexibility index (Phi) is 3.72. The Balaban J connectivity index is 2.19. The van der Waals surface area contributed by atoms with Crippen molar-refractivity contribution in [1.82, 2.24) is 10.2 Å². The number of piperazine rings is 1. The zero-order chi connectivity index (χ0) is 12.1. The summed E-state index contributed by atoms with van der Waals surface area (Å²) in [4.78, 5) is 24.5. The molecule has 17 heavy (non-hydrogen) atoms. The van der Waals surface area contributed by atoms with Crippen molar-refractivity contribution in [3.8, 4) is 0 Å². The molecule has 1 heterocycles. The zero-order valence-electron chi connectivity index (χ0n) is 9.48. The number of benzene rings is 1. The van der Waals surface area contributed by atoms with Crippen molar-refractivity contribution in [2.75, 3.05) is 31.5 Å². The fourth-order valence-electron chi connectivity index (χ4n) is 1.90. The van der Waals surface area contributed by atoms with Gasteiger partial charge >= 0.3 is 0 Å². The van der Waals surface area contributed by atoms with E-state index in [1.807, 2.05) is 0 Å². The molecule has 0 atom stereocenters. The number of carbonyl (C=O) groups excluding carboxylic acids is 2. The first-order valence-corrected chi connectivity index (χ1v) is 5.62. The smallest absolute Gasteiger partial charge is 0.256 e. The van der Waals surface area contributed by atoms with Gasteiger partial charge in [-0.2, -0.15) is 0 Å². The van der Waals surface area contributed by atoms with E-state index in [0.29, 0.717) is 30.8 Å². The second kappa shape index (κ2) is 5.45. The Bertz CT molecular complexity index is 414. The van der Waals surface area contributed by atoms with E-state index in [9.17, 15) is 9.59 Å². The lowest BCUT2D eigenvalue weighted by atomic mass is 10.1. The molecule has 1 aliphatic heterocycles. The molecule has 1 aromatic rings. The maximum atomic E-state index is 12.2. The highest BCUT2D eigenvalue weighted by atomic mass is 16.2. The van der Waals surface area contributed by atoms with Crippen LogP contribution in [0.4, 0.5) is 5.69 Å². The molecule has 2 N–H and O–H groups in total. The van der Waals surface area contributed by atoms with Crippen LogP contribution in [0.1, 0.15) is 10.4 Å². The van der Waals surface area contributed by atoms with Crippen LogP contribution in [0.15, 0.2) is 24.3 Å². The number of nitrogens with one attached hydrogen (secondary N) is 2. The van der Waals surface area contributed by atoms with Gasteiger partial charge in [0.25, 0.3) is 5.91 Å². The van der Waals surface area contributed by atoms with Crippen LogP contribution in [-0.4, -0.2) is 43.4 Å². The normalized spacial score (nSPS) is 15.4. The first-order valence-electron chi connectivity index (χ1n) is 5.62. The fraction of sp³-hybridized carbons (Fsp3) is 0.333. The Labute approximate surface area is 99.8 Å². The van der Waals surface area contributed by atoms with Gasteiger partial charge in [0.05, 0.1) is 11.3 Å². The second-order valence-electron chi connectivity index (χ2n) is 3.85. The van der Waals surface area contributed by atoms with Gasteiger partial charge in [-0.05, 0) is 12.1 Å². The van der Waals surface area contributed by atoms with Gasteiger partial charge in [-0.1, -0.05) is 12.1 Å². The van der Waals surface area contributed by atoms with E-state index in [1.165, 1.54) is 0 Å². The van der Waals surface area contributed by atoms with Crippen LogP contribution in [0.3, 0.4) is 0 Å². The second-order valence-corrected chi connectivity index (χ2v) is 3.85. The molecule has 0 aliphatic carbocycles. The first kappa shape index (κ1) is 11.6. The van der Waals surface area contributed by atoms with E-state index in [-0.39, 0.29) is 5.91 Å². The summed E-state index contributed by atoms with van der Waals surface area (Å²) in [5.41, 5.74) is 1.10. The van der Waals surface area contributed by atoms with Gasteiger partial charge in [0, 0.05) is 26.2 Å². The van der Waals surface area contributed by atoms with E-state index in [2.05, 4.69) is 10.6 Å². The minimum Gasteiger partial charge on any atom is -0.336 e. The standard InChI is InChI=1S/C12H15N3O2/c16-9-14-11-4-2-1-3-10(11)12(17)15-7-5-13-6-8-15/h1-4,9,13H,5-8H2,(H,14,16).